The molecule has 0 atom stereocenters. The van der Waals surface area contributed by atoms with Crippen molar-refractivity contribution in [3.05, 3.63) is 42.1 Å². The number of nitrogen functional groups attached to an aromatic ring is 1. The minimum absolute atomic E-state index is 0.363. The summed E-state index contributed by atoms with van der Waals surface area (Å²) >= 11 is 0. The van der Waals surface area contributed by atoms with E-state index in [2.05, 4.69) is 25.3 Å². The highest BCUT2D eigenvalue weighted by molar-refractivity contribution is 5.85. The van der Waals surface area contributed by atoms with Gasteiger partial charge < -0.3 is 10.7 Å². The predicted octanol–water partition coefficient (Wildman–Crippen LogP) is 2.31. The van der Waals surface area contributed by atoms with Crippen LogP contribution in [0.15, 0.2) is 36.4 Å². The number of nitrogens with zero attached hydrogens (tertiary/aromatic N) is 5. The van der Waals surface area contributed by atoms with Crippen LogP contribution in [-0.2, 0) is 7.05 Å². The number of nitrogens with two attached hydrogens (primary N) is 1. The fraction of sp³-hybridized carbons (Fsp3) is 0.125. The molecule has 4 rings (SSSR count). The van der Waals surface area contributed by atoms with E-state index in [9.17, 15) is 0 Å². The molecule has 3 N–H and O–H groups in total. The number of hydrogen-bond donors (Lipinski definition) is 2. The lowest BCUT2D eigenvalue weighted by atomic mass is 10.1. The number of fused-ring (bicyclic) bond motifs is 1. The zero-order valence-electron chi connectivity index (χ0n) is 12.8. The van der Waals surface area contributed by atoms with E-state index in [4.69, 9.17) is 5.73 Å². The summed E-state index contributed by atoms with van der Waals surface area (Å²) in [6, 6.07) is 11.8. The molecule has 0 bridgehead atoms. The molecule has 3 aromatic heterocycles. The fourth-order valence-corrected chi connectivity index (χ4v) is 2.65. The summed E-state index contributed by atoms with van der Waals surface area (Å²) in [6.45, 7) is 1.95. The number of anilines is 1. The molecule has 3 heterocycles. The van der Waals surface area contributed by atoms with E-state index in [0.29, 0.717) is 5.95 Å². The van der Waals surface area contributed by atoms with E-state index in [-0.39, 0.29) is 0 Å². The van der Waals surface area contributed by atoms with Gasteiger partial charge in [0.25, 0.3) is 0 Å². The van der Waals surface area contributed by atoms with Crippen molar-refractivity contribution in [2.24, 2.45) is 7.05 Å². The molecular formula is C16H15N7. The van der Waals surface area contributed by atoms with Crippen molar-refractivity contribution in [3.63, 3.8) is 0 Å². The molecule has 0 aliphatic carbocycles. The molecule has 0 radical (unpaired) electrons. The van der Waals surface area contributed by atoms with E-state index in [1.807, 2.05) is 50.4 Å². The third-order valence-electron chi connectivity index (χ3n) is 3.75. The molecule has 7 nitrogen and oxygen atoms in total. The van der Waals surface area contributed by atoms with Gasteiger partial charge in [-0.25, -0.2) is 9.67 Å². The van der Waals surface area contributed by atoms with Gasteiger partial charge in [-0.2, -0.15) is 0 Å². The number of pyridine rings is 1. The van der Waals surface area contributed by atoms with Crippen LogP contribution in [-0.4, -0.2) is 29.9 Å². The van der Waals surface area contributed by atoms with Crippen molar-refractivity contribution in [1.82, 2.24) is 29.9 Å². The Morgan fingerprint density at radius 3 is 2.83 bits per heavy atom. The van der Waals surface area contributed by atoms with E-state index < -0.39 is 0 Å². The predicted molar refractivity (Wildman–Crippen MR) is 88.5 cm³/mol. The molecule has 0 fully saturated rings. The average molecular weight is 305 g/mol. The van der Waals surface area contributed by atoms with Gasteiger partial charge in [-0.1, -0.05) is 17.3 Å². The maximum absolute atomic E-state index is 5.89. The summed E-state index contributed by atoms with van der Waals surface area (Å²) in [5.74, 6) is 0.363. The van der Waals surface area contributed by atoms with E-state index in [1.54, 1.807) is 4.68 Å². The quantitative estimate of drug-likeness (QED) is 0.592. The summed E-state index contributed by atoms with van der Waals surface area (Å²) < 4.78 is 1.74. The van der Waals surface area contributed by atoms with Crippen LogP contribution < -0.4 is 5.73 Å². The average Bonchev–Trinajstić information content (AvgIpc) is 3.11. The van der Waals surface area contributed by atoms with Gasteiger partial charge in [0, 0.05) is 18.3 Å². The summed E-state index contributed by atoms with van der Waals surface area (Å²) in [6.07, 6.45) is 0. The lowest BCUT2D eigenvalue weighted by Crippen LogP contribution is -1.91. The number of H-pyrrole nitrogens is 1. The van der Waals surface area contributed by atoms with Crippen LogP contribution in [0.1, 0.15) is 5.69 Å². The third kappa shape index (κ3) is 2.22. The van der Waals surface area contributed by atoms with Crippen molar-refractivity contribution in [3.8, 4) is 22.6 Å². The third-order valence-corrected chi connectivity index (χ3v) is 3.75. The van der Waals surface area contributed by atoms with Crippen LogP contribution in [0.2, 0.25) is 0 Å². The monoisotopic (exact) mass is 305 g/mol. The molecule has 0 aliphatic rings. The van der Waals surface area contributed by atoms with Gasteiger partial charge in [0.15, 0.2) is 5.95 Å². The first-order valence-corrected chi connectivity index (χ1v) is 7.21. The molecule has 0 aliphatic heterocycles. The Bertz CT molecular complexity index is 1010. The summed E-state index contributed by atoms with van der Waals surface area (Å²) in [5.41, 5.74) is 11.9. The van der Waals surface area contributed by atoms with Crippen molar-refractivity contribution in [2.45, 2.75) is 6.92 Å². The second-order valence-electron chi connectivity index (χ2n) is 5.43. The zero-order chi connectivity index (χ0) is 16.0. The normalized spacial score (nSPS) is 11.2. The molecule has 0 unspecified atom stereocenters. The van der Waals surface area contributed by atoms with Gasteiger partial charge in [-0.3, -0.25) is 4.98 Å². The molecule has 0 saturated heterocycles. The molecule has 7 heteroatoms. The largest absolute Gasteiger partial charge is 0.369 e. The van der Waals surface area contributed by atoms with Crippen LogP contribution in [0.5, 0.6) is 0 Å². The highest BCUT2D eigenvalue weighted by Gasteiger charge is 2.15. The summed E-state index contributed by atoms with van der Waals surface area (Å²) in [5, 5.41) is 8.13. The molecule has 0 spiro atoms. The Morgan fingerprint density at radius 1 is 1.13 bits per heavy atom. The van der Waals surface area contributed by atoms with Gasteiger partial charge in [0.2, 0.25) is 0 Å². The maximum Gasteiger partial charge on any atom is 0.198 e. The molecule has 1 aromatic carbocycles. The van der Waals surface area contributed by atoms with Gasteiger partial charge in [0.05, 0.1) is 16.9 Å². The molecule has 0 saturated carbocycles. The number of aromatic amines is 1. The first kappa shape index (κ1) is 13.4. The van der Waals surface area contributed by atoms with Gasteiger partial charge in [-0.15, -0.1) is 5.10 Å². The maximum atomic E-state index is 5.89. The smallest absolute Gasteiger partial charge is 0.198 e. The Balaban J connectivity index is 1.92. The fourth-order valence-electron chi connectivity index (χ4n) is 2.65. The number of imidazole rings is 1. The Labute approximate surface area is 132 Å². The highest BCUT2D eigenvalue weighted by atomic mass is 15.4. The van der Waals surface area contributed by atoms with Crippen LogP contribution in [0.3, 0.4) is 0 Å². The van der Waals surface area contributed by atoms with Crippen molar-refractivity contribution >= 4 is 17.0 Å². The van der Waals surface area contributed by atoms with Crippen LogP contribution in [0.4, 0.5) is 5.95 Å². The number of benzene rings is 1. The molecule has 114 valence electrons. The van der Waals surface area contributed by atoms with E-state index in [1.165, 1.54) is 0 Å². The zero-order valence-corrected chi connectivity index (χ0v) is 12.8. The number of aromatic nitrogens is 6. The molecule has 0 amide bonds. The Morgan fingerprint density at radius 2 is 2.00 bits per heavy atom. The lowest BCUT2D eigenvalue weighted by molar-refractivity contribution is 0.736. The van der Waals surface area contributed by atoms with Crippen molar-refractivity contribution in [2.75, 3.05) is 5.73 Å². The molecule has 23 heavy (non-hydrogen) atoms. The molecular weight excluding hydrogens is 290 g/mol. The minimum Gasteiger partial charge on any atom is -0.369 e. The lowest BCUT2D eigenvalue weighted by Gasteiger charge is -2.04. The van der Waals surface area contributed by atoms with Crippen LogP contribution >= 0.6 is 0 Å². The summed E-state index contributed by atoms with van der Waals surface area (Å²) in [7, 11) is 1.86. The Kier molecular flexibility index (Phi) is 2.87. The molecule has 4 aromatic rings. The minimum atomic E-state index is 0.363. The second-order valence-corrected chi connectivity index (χ2v) is 5.43. The standard InChI is InChI=1S/C16H15N7/c1-9-4-3-5-12(18-9)15-14(19-16(17)20-15)10-6-7-11-13(8-10)23(2)22-21-11/h3-8H,1-2H3,(H3,17,19,20). The van der Waals surface area contributed by atoms with Gasteiger partial charge in [0.1, 0.15) is 11.2 Å². The van der Waals surface area contributed by atoms with E-state index in [0.717, 1.165) is 39.4 Å². The highest BCUT2D eigenvalue weighted by Crippen LogP contribution is 2.31. The van der Waals surface area contributed by atoms with E-state index >= 15 is 0 Å². The SMILES string of the molecule is Cc1cccc(-c2[nH]c(N)nc2-c2ccc3nnn(C)c3c2)n1. The van der Waals surface area contributed by atoms with Crippen molar-refractivity contribution < 1.29 is 0 Å². The number of aryl methyl sites for hydroxylation is 2. The first-order valence-electron chi connectivity index (χ1n) is 7.21. The number of hydrogen-bond acceptors (Lipinski definition) is 5. The number of rotatable bonds is 2. The van der Waals surface area contributed by atoms with Crippen LogP contribution in [0, 0.1) is 6.92 Å². The Hall–Kier alpha value is -3.22. The first-order chi connectivity index (χ1) is 11.1. The topological polar surface area (TPSA) is 98.3 Å². The summed E-state index contributed by atoms with van der Waals surface area (Å²) in [4.78, 5) is 12.1. The van der Waals surface area contributed by atoms with Gasteiger partial charge in [-0.05, 0) is 31.2 Å². The second kappa shape index (κ2) is 4.91. The van der Waals surface area contributed by atoms with Crippen molar-refractivity contribution in [1.29, 1.82) is 0 Å². The van der Waals surface area contributed by atoms with Gasteiger partial charge >= 0.3 is 0 Å². The number of nitrogens with one attached hydrogen (secondary N) is 1. The van der Waals surface area contributed by atoms with Crippen LogP contribution in [0.25, 0.3) is 33.7 Å².